The first-order valence-corrected chi connectivity index (χ1v) is 5.37. The molecule has 4 heteroatoms. The van der Waals surface area contributed by atoms with Crippen molar-refractivity contribution in [2.45, 2.75) is 25.6 Å². The van der Waals surface area contributed by atoms with Crippen molar-refractivity contribution < 1.29 is 15.3 Å². The average Bonchev–Trinajstić information content (AvgIpc) is 2.25. The molecule has 0 spiro atoms. The van der Waals surface area contributed by atoms with Crippen molar-refractivity contribution in [3.8, 4) is 5.75 Å². The largest absolute Gasteiger partial charge is 0.508 e. The molecule has 0 heterocycles. The number of hydrogen-bond acceptors (Lipinski definition) is 4. The van der Waals surface area contributed by atoms with Crippen LogP contribution in [0.5, 0.6) is 5.75 Å². The molecular weight excluding hydrogens is 206 g/mol. The summed E-state index contributed by atoms with van der Waals surface area (Å²) in [7, 11) is 1.78. The highest BCUT2D eigenvalue weighted by Gasteiger charge is 2.22. The number of nitrogens with one attached hydrogen (secondary N) is 1. The second-order valence-corrected chi connectivity index (χ2v) is 3.91. The van der Waals surface area contributed by atoms with Crippen LogP contribution in [0.3, 0.4) is 0 Å². The van der Waals surface area contributed by atoms with E-state index in [9.17, 15) is 15.3 Å². The highest BCUT2D eigenvalue weighted by atomic mass is 16.3. The lowest BCUT2D eigenvalue weighted by atomic mass is 9.97. The van der Waals surface area contributed by atoms with Crippen LogP contribution < -0.4 is 5.32 Å². The fourth-order valence-corrected chi connectivity index (χ4v) is 1.69. The van der Waals surface area contributed by atoms with E-state index in [1.165, 1.54) is 6.07 Å². The Morgan fingerprint density at radius 2 is 2.00 bits per heavy atom. The number of benzene rings is 1. The third-order valence-electron chi connectivity index (χ3n) is 2.65. The minimum Gasteiger partial charge on any atom is -0.508 e. The number of aryl methyl sites for hydroxylation is 1. The van der Waals surface area contributed by atoms with Gasteiger partial charge >= 0.3 is 0 Å². The lowest BCUT2D eigenvalue weighted by molar-refractivity contribution is 0.0124. The summed E-state index contributed by atoms with van der Waals surface area (Å²) in [5.41, 5.74) is 1.18. The Kier molecular flexibility index (Phi) is 4.73. The Labute approximate surface area is 95.6 Å². The maximum atomic E-state index is 9.94. The summed E-state index contributed by atoms with van der Waals surface area (Å²) >= 11 is 0. The fourth-order valence-electron chi connectivity index (χ4n) is 1.69. The van der Waals surface area contributed by atoms with Gasteiger partial charge in [0.2, 0.25) is 0 Å². The molecule has 0 aliphatic heterocycles. The smallest absolute Gasteiger partial charge is 0.121 e. The van der Waals surface area contributed by atoms with Crippen LogP contribution in [0.15, 0.2) is 18.2 Å². The number of aliphatic hydroxyl groups is 2. The molecule has 0 aromatic heterocycles. The maximum absolute atomic E-state index is 9.94. The predicted molar refractivity (Wildman–Crippen MR) is 62.4 cm³/mol. The summed E-state index contributed by atoms with van der Waals surface area (Å²) in [6.07, 6.45) is -1.49. The van der Waals surface area contributed by atoms with Gasteiger partial charge in [-0.25, -0.2) is 0 Å². The van der Waals surface area contributed by atoms with Gasteiger partial charge in [-0.1, -0.05) is 12.1 Å². The number of phenols is 1. The zero-order chi connectivity index (χ0) is 12.1. The normalized spacial score (nSPS) is 14.8. The van der Waals surface area contributed by atoms with Gasteiger partial charge in [-0.3, -0.25) is 0 Å². The zero-order valence-corrected chi connectivity index (χ0v) is 9.64. The summed E-state index contributed by atoms with van der Waals surface area (Å²) in [6, 6.07) is 5.01. The van der Waals surface area contributed by atoms with E-state index in [2.05, 4.69) is 5.32 Å². The molecule has 0 aliphatic rings. The van der Waals surface area contributed by atoms with Crippen molar-refractivity contribution >= 4 is 0 Å². The molecule has 0 saturated heterocycles. The van der Waals surface area contributed by atoms with Crippen LogP contribution in [0, 0.1) is 6.92 Å². The summed E-state index contributed by atoms with van der Waals surface area (Å²) in [5, 5.41) is 32.2. The van der Waals surface area contributed by atoms with Crippen molar-refractivity contribution in [3.63, 3.8) is 0 Å². The Bertz CT molecular complexity index is 321. The maximum Gasteiger partial charge on any atom is 0.121 e. The van der Waals surface area contributed by atoms with Gasteiger partial charge in [0, 0.05) is 5.56 Å². The first kappa shape index (κ1) is 13.0. The second-order valence-electron chi connectivity index (χ2n) is 3.91. The molecule has 4 nitrogen and oxygen atoms in total. The molecule has 2 atom stereocenters. The van der Waals surface area contributed by atoms with Gasteiger partial charge < -0.3 is 20.6 Å². The van der Waals surface area contributed by atoms with E-state index in [4.69, 9.17) is 0 Å². The Morgan fingerprint density at radius 1 is 1.31 bits per heavy atom. The van der Waals surface area contributed by atoms with Crippen LogP contribution >= 0.6 is 0 Å². The molecule has 1 rings (SSSR count). The standard InChI is InChI=1S/C12H19NO3/c1-8-4-3-5-9(14)11(8)12(16)10(15)6-7-13-2/h3-5,10,12-16H,6-7H2,1-2H3. The Balaban J connectivity index is 2.82. The highest BCUT2D eigenvalue weighted by molar-refractivity contribution is 5.40. The van der Waals surface area contributed by atoms with Gasteiger partial charge in [0.1, 0.15) is 11.9 Å². The SMILES string of the molecule is CNCCC(O)C(O)c1c(C)cccc1O. The number of hydrogen-bond donors (Lipinski definition) is 4. The lowest BCUT2D eigenvalue weighted by Gasteiger charge is -2.20. The molecule has 0 fully saturated rings. The van der Waals surface area contributed by atoms with E-state index in [1.807, 2.05) is 0 Å². The molecule has 0 saturated carbocycles. The molecular formula is C12H19NO3. The van der Waals surface area contributed by atoms with Crippen LogP contribution in [-0.4, -0.2) is 35.0 Å². The van der Waals surface area contributed by atoms with Gasteiger partial charge in [-0.05, 0) is 38.6 Å². The summed E-state index contributed by atoms with van der Waals surface area (Å²) in [6.45, 7) is 2.41. The first-order valence-electron chi connectivity index (χ1n) is 5.37. The van der Waals surface area contributed by atoms with E-state index < -0.39 is 12.2 Å². The van der Waals surface area contributed by atoms with E-state index >= 15 is 0 Å². The van der Waals surface area contributed by atoms with Gasteiger partial charge in [0.15, 0.2) is 0 Å². The second kappa shape index (κ2) is 5.84. The Morgan fingerprint density at radius 3 is 2.56 bits per heavy atom. The van der Waals surface area contributed by atoms with Gasteiger partial charge in [0.05, 0.1) is 6.10 Å². The predicted octanol–water partition coefficient (Wildman–Crippen LogP) is 0.704. The highest BCUT2D eigenvalue weighted by Crippen LogP contribution is 2.30. The van der Waals surface area contributed by atoms with Crippen LogP contribution in [0.4, 0.5) is 0 Å². The van der Waals surface area contributed by atoms with Crippen LogP contribution in [-0.2, 0) is 0 Å². The average molecular weight is 225 g/mol. The molecule has 2 unspecified atom stereocenters. The molecule has 0 bridgehead atoms. The molecule has 1 aromatic rings. The minimum absolute atomic E-state index is 0.0241. The molecule has 0 amide bonds. The molecule has 16 heavy (non-hydrogen) atoms. The quantitative estimate of drug-likeness (QED) is 0.595. The third kappa shape index (κ3) is 2.95. The van der Waals surface area contributed by atoms with Crippen LogP contribution in [0.25, 0.3) is 0 Å². The summed E-state index contributed by atoms with van der Waals surface area (Å²) in [4.78, 5) is 0. The van der Waals surface area contributed by atoms with Gasteiger partial charge in [0.25, 0.3) is 0 Å². The van der Waals surface area contributed by atoms with Crippen molar-refractivity contribution in [1.82, 2.24) is 5.32 Å². The number of rotatable bonds is 5. The van der Waals surface area contributed by atoms with Crippen molar-refractivity contribution in [3.05, 3.63) is 29.3 Å². The fraction of sp³-hybridized carbons (Fsp3) is 0.500. The summed E-state index contributed by atoms with van der Waals surface area (Å²) in [5.74, 6) is 0.0241. The molecule has 0 aliphatic carbocycles. The zero-order valence-electron chi connectivity index (χ0n) is 9.64. The molecule has 90 valence electrons. The summed E-state index contributed by atoms with van der Waals surface area (Å²) < 4.78 is 0. The van der Waals surface area contributed by atoms with Crippen molar-refractivity contribution in [2.75, 3.05) is 13.6 Å². The monoisotopic (exact) mass is 225 g/mol. The van der Waals surface area contributed by atoms with E-state index in [0.29, 0.717) is 18.5 Å². The van der Waals surface area contributed by atoms with Crippen LogP contribution in [0.2, 0.25) is 0 Å². The lowest BCUT2D eigenvalue weighted by Crippen LogP contribution is -2.23. The van der Waals surface area contributed by atoms with E-state index in [-0.39, 0.29) is 5.75 Å². The van der Waals surface area contributed by atoms with Crippen LogP contribution in [0.1, 0.15) is 23.7 Å². The first-order chi connectivity index (χ1) is 7.57. The Hall–Kier alpha value is -1.10. The van der Waals surface area contributed by atoms with Gasteiger partial charge in [-0.15, -0.1) is 0 Å². The van der Waals surface area contributed by atoms with E-state index in [0.717, 1.165) is 5.56 Å². The van der Waals surface area contributed by atoms with Gasteiger partial charge in [-0.2, -0.15) is 0 Å². The topological polar surface area (TPSA) is 72.7 Å². The third-order valence-corrected chi connectivity index (χ3v) is 2.65. The van der Waals surface area contributed by atoms with Crippen molar-refractivity contribution in [1.29, 1.82) is 0 Å². The van der Waals surface area contributed by atoms with Crippen molar-refractivity contribution in [2.24, 2.45) is 0 Å². The molecule has 0 radical (unpaired) electrons. The number of phenolic OH excluding ortho intramolecular Hbond substituents is 1. The molecule has 4 N–H and O–H groups in total. The number of aliphatic hydroxyl groups excluding tert-OH is 2. The number of aromatic hydroxyl groups is 1. The molecule has 1 aromatic carbocycles. The van der Waals surface area contributed by atoms with E-state index in [1.54, 1.807) is 26.1 Å². The minimum atomic E-state index is -1.05.